The number of rotatable bonds is 3. The molecule has 21 heavy (non-hydrogen) atoms. The molecule has 4 nitrogen and oxygen atoms in total. The molecule has 0 bridgehead atoms. The van der Waals surface area contributed by atoms with Crippen LogP contribution < -0.4 is 0 Å². The molecule has 0 unspecified atom stereocenters. The van der Waals surface area contributed by atoms with Crippen LogP contribution in [0.25, 0.3) is 0 Å². The second-order valence-electron chi connectivity index (χ2n) is 6.34. The number of carboxylic acids is 1. The maximum atomic E-state index is 13.8. The highest BCUT2D eigenvalue weighted by atomic mass is 19.1. The molecule has 0 aliphatic carbocycles. The average Bonchev–Trinajstić information content (AvgIpc) is 2.54. The summed E-state index contributed by atoms with van der Waals surface area (Å²) < 4.78 is 13.8. The number of likely N-dealkylation sites (tertiary alicyclic amines) is 1. The van der Waals surface area contributed by atoms with Gasteiger partial charge in [-0.15, -0.1) is 0 Å². The largest absolute Gasteiger partial charge is 0.478 e. The van der Waals surface area contributed by atoms with Crippen LogP contribution in [0.2, 0.25) is 0 Å². The van der Waals surface area contributed by atoms with Gasteiger partial charge in [0.2, 0.25) is 5.91 Å². The smallest absolute Gasteiger partial charge is 0.335 e. The zero-order valence-electron chi connectivity index (χ0n) is 12.4. The minimum absolute atomic E-state index is 0.000651. The van der Waals surface area contributed by atoms with Crippen LogP contribution in [-0.4, -0.2) is 28.4 Å². The Morgan fingerprint density at radius 1 is 1.38 bits per heavy atom. The van der Waals surface area contributed by atoms with Crippen molar-refractivity contribution in [2.45, 2.75) is 39.7 Å². The fraction of sp³-hybridized carbons (Fsp3) is 0.500. The van der Waals surface area contributed by atoms with Gasteiger partial charge < -0.3 is 10.0 Å². The molecule has 1 aromatic rings. The zero-order valence-corrected chi connectivity index (χ0v) is 12.4. The van der Waals surface area contributed by atoms with Crippen LogP contribution in [0.4, 0.5) is 4.39 Å². The van der Waals surface area contributed by atoms with Gasteiger partial charge >= 0.3 is 5.97 Å². The van der Waals surface area contributed by atoms with Crippen LogP contribution in [0, 0.1) is 11.2 Å². The van der Waals surface area contributed by atoms with Gasteiger partial charge in [-0.3, -0.25) is 4.79 Å². The van der Waals surface area contributed by atoms with E-state index in [2.05, 4.69) is 13.8 Å². The van der Waals surface area contributed by atoms with E-state index >= 15 is 0 Å². The molecule has 1 aliphatic heterocycles. The summed E-state index contributed by atoms with van der Waals surface area (Å²) in [7, 11) is 0. The maximum absolute atomic E-state index is 13.8. The number of halogens is 1. The van der Waals surface area contributed by atoms with Crippen LogP contribution in [0.1, 0.15) is 49.0 Å². The van der Waals surface area contributed by atoms with Gasteiger partial charge in [0.25, 0.3) is 0 Å². The first kappa shape index (κ1) is 15.5. The molecule has 1 aromatic carbocycles. The standard InChI is InChI=1S/C16H20FNO3/c1-16(2)6-5-14(19)18(8-7-16)10-12-9-11(15(20)21)3-4-13(12)17/h3-4,9H,5-8,10H2,1-2H3,(H,20,21). The first-order valence-corrected chi connectivity index (χ1v) is 7.08. The fourth-order valence-electron chi connectivity index (χ4n) is 2.49. The monoisotopic (exact) mass is 293 g/mol. The lowest BCUT2D eigenvalue weighted by Gasteiger charge is -2.23. The molecule has 2 rings (SSSR count). The number of amides is 1. The van der Waals surface area contributed by atoms with Gasteiger partial charge in [0.15, 0.2) is 0 Å². The molecule has 1 heterocycles. The molecule has 0 radical (unpaired) electrons. The third kappa shape index (κ3) is 3.80. The number of carboxylic acid groups (broad SMARTS) is 1. The lowest BCUT2D eigenvalue weighted by molar-refractivity contribution is -0.131. The Labute approximate surface area is 123 Å². The predicted molar refractivity (Wildman–Crippen MR) is 76.4 cm³/mol. The quantitative estimate of drug-likeness (QED) is 0.931. The van der Waals surface area contributed by atoms with Crippen molar-refractivity contribution < 1.29 is 19.1 Å². The van der Waals surface area contributed by atoms with Crippen LogP contribution in [0.3, 0.4) is 0 Å². The maximum Gasteiger partial charge on any atom is 0.335 e. The van der Waals surface area contributed by atoms with E-state index < -0.39 is 11.8 Å². The molecule has 0 aromatic heterocycles. The third-order valence-electron chi connectivity index (χ3n) is 4.08. The second kappa shape index (κ2) is 5.84. The van der Waals surface area contributed by atoms with Crippen molar-refractivity contribution in [3.05, 3.63) is 35.1 Å². The second-order valence-corrected chi connectivity index (χ2v) is 6.34. The van der Waals surface area contributed by atoms with E-state index in [-0.39, 0.29) is 29.0 Å². The van der Waals surface area contributed by atoms with Gasteiger partial charge in [-0.05, 0) is 36.5 Å². The number of benzene rings is 1. The lowest BCUT2D eigenvalue weighted by atomic mass is 9.85. The summed E-state index contributed by atoms with van der Waals surface area (Å²) >= 11 is 0. The topological polar surface area (TPSA) is 57.6 Å². The molecule has 1 amide bonds. The summed E-state index contributed by atoms with van der Waals surface area (Å²) in [6, 6.07) is 3.68. The van der Waals surface area contributed by atoms with E-state index in [1.165, 1.54) is 12.1 Å². The summed E-state index contributed by atoms with van der Waals surface area (Å²) in [5.41, 5.74) is 0.392. The molecule has 5 heteroatoms. The Kier molecular flexibility index (Phi) is 4.30. The van der Waals surface area contributed by atoms with Crippen LogP contribution in [-0.2, 0) is 11.3 Å². The molecule has 1 aliphatic rings. The summed E-state index contributed by atoms with van der Waals surface area (Å²) in [6.45, 7) is 4.94. The minimum Gasteiger partial charge on any atom is -0.478 e. The molecular formula is C16H20FNO3. The van der Waals surface area contributed by atoms with E-state index in [0.717, 1.165) is 18.9 Å². The van der Waals surface area contributed by atoms with Gasteiger partial charge in [0.05, 0.1) is 5.56 Å². The molecular weight excluding hydrogens is 273 g/mol. The van der Waals surface area contributed by atoms with Crippen LogP contribution in [0.15, 0.2) is 18.2 Å². The molecule has 1 fully saturated rings. The summed E-state index contributed by atoms with van der Waals surface area (Å²) in [5, 5.41) is 8.97. The fourth-order valence-corrected chi connectivity index (χ4v) is 2.49. The number of hydrogen-bond donors (Lipinski definition) is 1. The first-order valence-electron chi connectivity index (χ1n) is 7.08. The van der Waals surface area contributed by atoms with Crippen molar-refractivity contribution in [3.8, 4) is 0 Å². The zero-order chi connectivity index (χ0) is 15.6. The van der Waals surface area contributed by atoms with E-state index in [0.29, 0.717) is 13.0 Å². The Morgan fingerprint density at radius 2 is 2.10 bits per heavy atom. The number of nitrogens with zero attached hydrogens (tertiary/aromatic N) is 1. The summed E-state index contributed by atoms with van der Waals surface area (Å²) in [4.78, 5) is 24.7. The number of hydrogen-bond acceptors (Lipinski definition) is 2. The third-order valence-corrected chi connectivity index (χ3v) is 4.08. The predicted octanol–water partition coefficient (Wildman–Crippen LogP) is 3.06. The average molecular weight is 293 g/mol. The molecule has 1 saturated heterocycles. The summed E-state index contributed by atoms with van der Waals surface area (Å²) in [6.07, 6.45) is 2.13. The van der Waals surface area contributed by atoms with E-state index in [1.807, 2.05) is 0 Å². The highest BCUT2D eigenvalue weighted by molar-refractivity contribution is 5.87. The van der Waals surface area contributed by atoms with E-state index in [4.69, 9.17) is 5.11 Å². The van der Waals surface area contributed by atoms with Gasteiger partial charge in [-0.2, -0.15) is 0 Å². The Bertz CT molecular complexity index is 569. The number of carbonyl (C=O) groups is 2. The van der Waals surface area contributed by atoms with Crippen LogP contribution in [0.5, 0.6) is 0 Å². The van der Waals surface area contributed by atoms with Gasteiger partial charge in [0.1, 0.15) is 5.82 Å². The molecule has 0 atom stereocenters. The highest BCUT2D eigenvalue weighted by Gasteiger charge is 2.27. The van der Waals surface area contributed by atoms with E-state index in [9.17, 15) is 14.0 Å². The number of aromatic carboxylic acids is 1. The molecule has 0 spiro atoms. The Balaban J connectivity index is 2.19. The number of carbonyl (C=O) groups excluding carboxylic acids is 1. The normalized spacial score (nSPS) is 18.4. The van der Waals surface area contributed by atoms with Gasteiger partial charge in [0, 0.05) is 25.1 Å². The van der Waals surface area contributed by atoms with Crippen molar-refractivity contribution in [1.29, 1.82) is 0 Å². The minimum atomic E-state index is -1.10. The van der Waals surface area contributed by atoms with Gasteiger partial charge in [-0.25, -0.2) is 9.18 Å². The molecule has 0 saturated carbocycles. The van der Waals surface area contributed by atoms with Crippen LogP contribution >= 0.6 is 0 Å². The molecule has 114 valence electrons. The summed E-state index contributed by atoms with van der Waals surface area (Å²) in [5.74, 6) is -1.57. The van der Waals surface area contributed by atoms with Crippen molar-refractivity contribution >= 4 is 11.9 Å². The van der Waals surface area contributed by atoms with Crippen molar-refractivity contribution in [3.63, 3.8) is 0 Å². The molecule has 1 N–H and O–H groups in total. The van der Waals surface area contributed by atoms with Crippen molar-refractivity contribution in [2.75, 3.05) is 6.54 Å². The first-order chi connectivity index (χ1) is 9.78. The lowest BCUT2D eigenvalue weighted by Crippen LogP contribution is -2.30. The van der Waals surface area contributed by atoms with Crippen molar-refractivity contribution in [1.82, 2.24) is 4.90 Å². The van der Waals surface area contributed by atoms with E-state index in [1.54, 1.807) is 4.90 Å². The SMILES string of the molecule is CC1(C)CCC(=O)N(Cc2cc(C(=O)O)ccc2F)CC1. The Morgan fingerprint density at radius 3 is 2.76 bits per heavy atom. The Hall–Kier alpha value is -1.91. The van der Waals surface area contributed by atoms with Crippen molar-refractivity contribution in [2.24, 2.45) is 5.41 Å². The van der Waals surface area contributed by atoms with Gasteiger partial charge in [-0.1, -0.05) is 13.8 Å². The highest BCUT2D eigenvalue weighted by Crippen LogP contribution is 2.31.